The van der Waals surface area contributed by atoms with Crippen LogP contribution in [0.2, 0.25) is 0 Å². The van der Waals surface area contributed by atoms with E-state index in [1.54, 1.807) is 18.8 Å². The van der Waals surface area contributed by atoms with Crippen LogP contribution >= 0.6 is 0 Å². The summed E-state index contributed by atoms with van der Waals surface area (Å²) in [6.07, 6.45) is 6.93. The zero-order valence-corrected chi connectivity index (χ0v) is 11.4. The van der Waals surface area contributed by atoms with E-state index in [4.69, 9.17) is 13.3 Å². The Bertz CT molecular complexity index is 838. The molecule has 0 aliphatic carbocycles. The van der Waals surface area contributed by atoms with Gasteiger partial charge in [0, 0.05) is 6.07 Å². The molecule has 0 saturated heterocycles. The SMILES string of the molecule is Cn1c(-c2ccco2)c[n+](-c2ccco2)c1-c1ccco1. The third-order valence-corrected chi connectivity index (χ3v) is 3.42. The summed E-state index contributed by atoms with van der Waals surface area (Å²) in [6.45, 7) is 0. The van der Waals surface area contributed by atoms with Crippen molar-refractivity contribution in [2.75, 3.05) is 0 Å². The Morgan fingerprint density at radius 2 is 1.52 bits per heavy atom. The van der Waals surface area contributed by atoms with E-state index in [9.17, 15) is 0 Å². The van der Waals surface area contributed by atoms with Crippen molar-refractivity contribution >= 4 is 0 Å². The summed E-state index contributed by atoms with van der Waals surface area (Å²) in [6, 6.07) is 11.3. The molecule has 4 aromatic rings. The van der Waals surface area contributed by atoms with Gasteiger partial charge in [-0.05, 0) is 30.3 Å². The molecule has 5 nitrogen and oxygen atoms in total. The second kappa shape index (κ2) is 4.56. The highest BCUT2D eigenvalue weighted by Gasteiger charge is 2.29. The minimum Gasteiger partial charge on any atom is -0.460 e. The van der Waals surface area contributed by atoms with E-state index >= 15 is 0 Å². The molecular formula is C16H13N2O3+. The molecule has 4 aromatic heterocycles. The van der Waals surface area contributed by atoms with E-state index in [2.05, 4.69) is 0 Å². The maximum Gasteiger partial charge on any atom is 0.333 e. The smallest absolute Gasteiger partial charge is 0.333 e. The quantitative estimate of drug-likeness (QED) is 0.541. The minimum atomic E-state index is 0.717. The molecule has 21 heavy (non-hydrogen) atoms. The normalized spacial score (nSPS) is 11.1. The molecule has 0 spiro atoms. The highest BCUT2D eigenvalue weighted by atomic mass is 16.3. The van der Waals surface area contributed by atoms with Crippen LogP contribution in [0.3, 0.4) is 0 Å². The van der Waals surface area contributed by atoms with Crippen molar-refractivity contribution in [3.05, 3.63) is 61.4 Å². The monoisotopic (exact) mass is 281 g/mol. The average Bonchev–Trinajstić information content (AvgIpc) is 3.27. The van der Waals surface area contributed by atoms with Crippen LogP contribution in [0.5, 0.6) is 0 Å². The Morgan fingerprint density at radius 3 is 2.14 bits per heavy atom. The van der Waals surface area contributed by atoms with Crippen molar-refractivity contribution in [1.82, 2.24) is 4.57 Å². The summed E-state index contributed by atoms with van der Waals surface area (Å²) in [5.41, 5.74) is 0.933. The summed E-state index contributed by atoms with van der Waals surface area (Å²) >= 11 is 0. The number of rotatable bonds is 3. The Morgan fingerprint density at radius 1 is 0.857 bits per heavy atom. The first kappa shape index (κ1) is 11.8. The standard InChI is InChI=1S/C16H13N2O3/c1-17-12(13-5-2-8-19-13)11-18(15-7-4-10-21-15)16(17)14-6-3-9-20-14/h2-11H,1H3/q+1. The lowest BCUT2D eigenvalue weighted by Gasteiger charge is -1.96. The molecule has 0 radical (unpaired) electrons. The van der Waals surface area contributed by atoms with Gasteiger partial charge in [0.25, 0.3) is 5.88 Å². The van der Waals surface area contributed by atoms with Gasteiger partial charge in [-0.2, -0.15) is 4.57 Å². The first-order valence-electron chi connectivity index (χ1n) is 6.57. The van der Waals surface area contributed by atoms with E-state index in [0.29, 0.717) is 0 Å². The number of hydrogen-bond acceptors (Lipinski definition) is 3. The fourth-order valence-corrected chi connectivity index (χ4v) is 2.46. The first-order valence-corrected chi connectivity index (χ1v) is 6.57. The van der Waals surface area contributed by atoms with Gasteiger partial charge in [0.15, 0.2) is 12.0 Å². The lowest BCUT2D eigenvalue weighted by Crippen LogP contribution is -2.30. The van der Waals surface area contributed by atoms with E-state index in [-0.39, 0.29) is 0 Å². The molecule has 0 aromatic carbocycles. The molecule has 0 atom stereocenters. The van der Waals surface area contributed by atoms with Crippen molar-refractivity contribution in [2.24, 2.45) is 7.05 Å². The summed E-state index contributed by atoms with van der Waals surface area (Å²) < 4.78 is 20.5. The predicted octanol–water partition coefficient (Wildman–Crippen LogP) is 3.41. The van der Waals surface area contributed by atoms with E-state index < -0.39 is 0 Å². The van der Waals surface area contributed by atoms with Gasteiger partial charge in [0.1, 0.15) is 0 Å². The highest BCUT2D eigenvalue weighted by Crippen LogP contribution is 2.26. The van der Waals surface area contributed by atoms with Gasteiger partial charge < -0.3 is 13.3 Å². The van der Waals surface area contributed by atoms with E-state index in [1.807, 2.05) is 58.8 Å². The van der Waals surface area contributed by atoms with Gasteiger partial charge in [0.2, 0.25) is 11.5 Å². The Balaban J connectivity index is 1.99. The zero-order chi connectivity index (χ0) is 14.2. The van der Waals surface area contributed by atoms with Gasteiger partial charge in [-0.25, -0.2) is 4.57 Å². The molecule has 0 amide bonds. The summed E-state index contributed by atoms with van der Waals surface area (Å²) in [4.78, 5) is 0. The first-order chi connectivity index (χ1) is 10.3. The summed E-state index contributed by atoms with van der Waals surface area (Å²) in [5.74, 6) is 3.14. The maximum atomic E-state index is 5.56. The van der Waals surface area contributed by atoms with Crippen molar-refractivity contribution in [1.29, 1.82) is 0 Å². The molecule has 0 N–H and O–H groups in total. The van der Waals surface area contributed by atoms with Gasteiger partial charge in [0.05, 0.1) is 25.8 Å². The third-order valence-electron chi connectivity index (χ3n) is 3.42. The van der Waals surface area contributed by atoms with Gasteiger partial charge in [-0.1, -0.05) is 0 Å². The van der Waals surface area contributed by atoms with Gasteiger partial charge >= 0.3 is 5.82 Å². The number of hydrogen-bond donors (Lipinski definition) is 0. The molecule has 5 heteroatoms. The second-order valence-electron chi connectivity index (χ2n) is 4.67. The maximum absolute atomic E-state index is 5.56. The Hall–Kier alpha value is -2.95. The van der Waals surface area contributed by atoms with Crippen molar-refractivity contribution in [2.45, 2.75) is 0 Å². The molecule has 104 valence electrons. The molecule has 0 unspecified atom stereocenters. The molecule has 0 aliphatic heterocycles. The number of furan rings is 3. The Kier molecular flexibility index (Phi) is 2.57. The summed E-state index contributed by atoms with van der Waals surface area (Å²) in [5, 5.41) is 0. The third kappa shape index (κ3) is 1.82. The van der Waals surface area contributed by atoms with Crippen LogP contribution < -0.4 is 4.57 Å². The molecule has 4 heterocycles. The van der Waals surface area contributed by atoms with E-state index in [1.165, 1.54) is 0 Å². The lowest BCUT2D eigenvalue weighted by molar-refractivity contribution is -0.597. The Labute approximate surface area is 120 Å². The highest BCUT2D eigenvalue weighted by molar-refractivity contribution is 5.56. The molecule has 0 bridgehead atoms. The number of aromatic nitrogens is 2. The van der Waals surface area contributed by atoms with E-state index in [0.717, 1.165) is 28.9 Å². The topological polar surface area (TPSA) is 48.2 Å². The van der Waals surface area contributed by atoms with Gasteiger partial charge in [-0.3, -0.25) is 0 Å². The molecule has 0 aliphatic rings. The molecular weight excluding hydrogens is 268 g/mol. The zero-order valence-electron chi connectivity index (χ0n) is 11.4. The fourth-order valence-electron chi connectivity index (χ4n) is 2.46. The number of imidazole rings is 1. The van der Waals surface area contributed by atoms with Crippen molar-refractivity contribution in [3.8, 4) is 28.9 Å². The van der Waals surface area contributed by atoms with Crippen molar-refractivity contribution < 1.29 is 17.8 Å². The average molecular weight is 281 g/mol. The van der Waals surface area contributed by atoms with Crippen LogP contribution in [-0.4, -0.2) is 4.57 Å². The van der Waals surface area contributed by atoms with Crippen LogP contribution in [0.15, 0.2) is 74.6 Å². The summed E-state index contributed by atoms with van der Waals surface area (Å²) in [7, 11) is 1.97. The van der Waals surface area contributed by atoms with Crippen LogP contribution in [-0.2, 0) is 7.05 Å². The van der Waals surface area contributed by atoms with Crippen LogP contribution in [0.25, 0.3) is 28.9 Å². The lowest BCUT2D eigenvalue weighted by atomic mass is 10.3. The minimum absolute atomic E-state index is 0.717. The van der Waals surface area contributed by atoms with Crippen LogP contribution in [0, 0.1) is 0 Å². The second-order valence-corrected chi connectivity index (χ2v) is 4.67. The largest absolute Gasteiger partial charge is 0.460 e. The molecule has 4 rings (SSSR count). The fraction of sp³-hybridized carbons (Fsp3) is 0.0625. The van der Waals surface area contributed by atoms with Crippen molar-refractivity contribution in [3.63, 3.8) is 0 Å². The number of nitrogens with zero attached hydrogens (tertiary/aromatic N) is 2. The van der Waals surface area contributed by atoms with Crippen LogP contribution in [0.1, 0.15) is 0 Å². The molecule has 0 saturated carbocycles. The molecule has 0 fully saturated rings. The van der Waals surface area contributed by atoms with Crippen LogP contribution in [0.4, 0.5) is 0 Å². The predicted molar refractivity (Wildman–Crippen MR) is 74.6 cm³/mol. The van der Waals surface area contributed by atoms with Gasteiger partial charge in [-0.15, -0.1) is 0 Å².